The van der Waals surface area contributed by atoms with E-state index in [1.807, 2.05) is 0 Å². The van der Waals surface area contributed by atoms with E-state index < -0.39 is 6.10 Å². The van der Waals surface area contributed by atoms with E-state index in [0.717, 1.165) is 109 Å². The normalized spacial score (nSPS) is 12.6. The molecule has 0 aliphatic carbocycles. The van der Waals surface area contributed by atoms with Gasteiger partial charge in [0.05, 0.1) is 0 Å². The van der Waals surface area contributed by atoms with Gasteiger partial charge in [0.1, 0.15) is 13.2 Å². The lowest BCUT2D eigenvalue weighted by atomic mass is 10.0. The van der Waals surface area contributed by atoms with Gasteiger partial charge in [0.2, 0.25) is 0 Å². The average molecular weight is 1120 g/mol. The van der Waals surface area contributed by atoms with Crippen LogP contribution in [0.4, 0.5) is 0 Å². The van der Waals surface area contributed by atoms with Crippen molar-refractivity contribution in [3.05, 3.63) is 85.1 Å². The van der Waals surface area contributed by atoms with Crippen molar-refractivity contribution in [3.8, 4) is 0 Å². The van der Waals surface area contributed by atoms with Crippen molar-refractivity contribution in [3.63, 3.8) is 0 Å². The van der Waals surface area contributed by atoms with Crippen LogP contribution in [-0.2, 0) is 28.6 Å². The largest absolute Gasteiger partial charge is 0.462 e. The van der Waals surface area contributed by atoms with Crippen molar-refractivity contribution in [2.45, 2.75) is 354 Å². The van der Waals surface area contributed by atoms with Gasteiger partial charge in [0.15, 0.2) is 6.10 Å². The number of rotatable bonds is 63. The Hall–Kier alpha value is -3.41. The van der Waals surface area contributed by atoms with Gasteiger partial charge in [-0.2, -0.15) is 0 Å². The van der Waals surface area contributed by atoms with Gasteiger partial charge < -0.3 is 14.2 Å². The molecule has 0 aromatic carbocycles. The zero-order valence-corrected chi connectivity index (χ0v) is 53.1. The second-order valence-electron chi connectivity index (χ2n) is 23.1. The number of unbranched alkanes of at least 4 members (excludes halogenated alkanes) is 38. The summed E-state index contributed by atoms with van der Waals surface area (Å²) in [6, 6.07) is 0. The molecule has 0 saturated heterocycles. The number of hydrogen-bond acceptors (Lipinski definition) is 6. The second-order valence-corrected chi connectivity index (χ2v) is 23.1. The number of esters is 3. The summed E-state index contributed by atoms with van der Waals surface area (Å²) in [5.74, 6) is -0.879. The summed E-state index contributed by atoms with van der Waals surface area (Å²) in [5, 5.41) is 0. The standard InChI is InChI=1S/C74H130O6/c1-4-7-10-13-16-19-22-25-27-29-31-33-35-36-37-38-40-41-43-45-47-49-52-55-58-61-64-67-73(76)79-70-71(69-78-72(75)66-63-60-57-54-51-24-21-18-15-12-9-6-3)80-74(77)68-65-62-59-56-53-50-48-46-44-42-39-34-32-30-28-26-23-20-17-14-11-8-5-2/h7,10,16,18-19,21,25,27,31,33,36-37,40-41,71H,4-6,8-9,11-15,17,20,22-24,26,28-30,32,34-35,38-39,42-70H2,1-3H3/b10-7-,19-16-,21-18-,27-25-,33-31-,37-36-,41-40-. The van der Waals surface area contributed by atoms with Crippen LogP contribution in [0.15, 0.2) is 85.1 Å². The molecule has 0 aliphatic heterocycles. The molecule has 0 amide bonds. The topological polar surface area (TPSA) is 78.9 Å². The zero-order valence-electron chi connectivity index (χ0n) is 53.1. The highest BCUT2D eigenvalue weighted by molar-refractivity contribution is 5.71. The van der Waals surface area contributed by atoms with E-state index in [-0.39, 0.29) is 31.1 Å². The van der Waals surface area contributed by atoms with Crippen LogP contribution in [0.5, 0.6) is 0 Å². The summed E-state index contributed by atoms with van der Waals surface area (Å²) in [7, 11) is 0. The van der Waals surface area contributed by atoms with E-state index in [4.69, 9.17) is 14.2 Å². The van der Waals surface area contributed by atoms with Crippen LogP contribution >= 0.6 is 0 Å². The first kappa shape index (κ1) is 76.6. The Balaban J connectivity index is 4.27. The Bertz CT molecular complexity index is 1520. The maximum Gasteiger partial charge on any atom is 0.306 e. The average Bonchev–Trinajstić information content (AvgIpc) is 3.46. The monoisotopic (exact) mass is 1110 g/mol. The molecule has 1 unspecified atom stereocenters. The second kappa shape index (κ2) is 68.1. The number of ether oxygens (including phenoxy) is 3. The van der Waals surface area contributed by atoms with Gasteiger partial charge in [-0.15, -0.1) is 0 Å². The van der Waals surface area contributed by atoms with Crippen molar-refractivity contribution >= 4 is 17.9 Å². The fraction of sp³-hybridized carbons (Fsp3) is 0.770. The molecule has 1 atom stereocenters. The molecule has 6 heteroatoms. The Morgan fingerprint density at radius 3 is 0.800 bits per heavy atom. The molecule has 0 aliphatic rings. The van der Waals surface area contributed by atoms with Gasteiger partial charge in [-0.25, -0.2) is 0 Å². The maximum absolute atomic E-state index is 12.9. The van der Waals surface area contributed by atoms with E-state index in [1.54, 1.807) is 0 Å². The lowest BCUT2D eigenvalue weighted by molar-refractivity contribution is -0.167. The summed E-state index contributed by atoms with van der Waals surface area (Å²) < 4.78 is 17.0. The van der Waals surface area contributed by atoms with Crippen LogP contribution in [0, 0.1) is 0 Å². The summed E-state index contributed by atoms with van der Waals surface area (Å²) in [5.41, 5.74) is 0. The van der Waals surface area contributed by atoms with Crippen molar-refractivity contribution in [2.24, 2.45) is 0 Å². The Kier molecular flexibility index (Phi) is 65.2. The highest BCUT2D eigenvalue weighted by Gasteiger charge is 2.19. The minimum absolute atomic E-state index is 0.0801. The lowest BCUT2D eigenvalue weighted by Gasteiger charge is -2.18. The van der Waals surface area contributed by atoms with Crippen LogP contribution in [0.1, 0.15) is 348 Å². The van der Waals surface area contributed by atoms with Crippen LogP contribution < -0.4 is 0 Å². The third-order valence-corrected chi connectivity index (χ3v) is 15.1. The molecule has 0 aromatic heterocycles. The van der Waals surface area contributed by atoms with Gasteiger partial charge in [0, 0.05) is 19.3 Å². The SMILES string of the molecule is CC/C=C\C/C=C\C/C=C\C/C=C\C/C=C\C/C=C\CCCCCCCCCCC(=O)OCC(COC(=O)CCCCCCC/C=C\CCCCC)OC(=O)CCCCCCCCCCCCCCCCCCCCCCCCC. The van der Waals surface area contributed by atoms with E-state index in [1.165, 1.54) is 199 Å². The molecule has 0 radical (unpaired) electrons. The number of carbonyl (C=O) groups is 3. The smallest absolute Gasteiger partial charge is 0.306 e. The molecule has 80 heavy (non-hydrogen) atoms. The Labute approximate surface area is 496 Å². The quantitative estimate of drug-likeness (QED) is 0.0261. The first-order valence-corrected chi connectivity index (χ1v) is 34.6. The van der Waals surface area contributed by atoms with Gasteiger partial charge in [-0.1, -0.05) is 318 Å². The van der Waals surface area contributed by atoms with Crippen LogP contribution in [-0.4, -0.2) is 37.2 Å². The number of allylic oxidation sites excluding steroid dienone is 14. The van der Waals surface area contributed by atoms with Gasteiger partial charge in [-0.3, -0.25) is 14.4 Å². The van der Waals surface area contributed by atoms with Crippen molar-refractivity contribution in [1.29, 1.82) is 0 Å². The highest BCUT2D eigenvalue weighted by Crippen LogP contribution is 2.18. The lowest BCUT2D eigenvalue weighted by Crippen LogP contribution is -2.30. The van der Waals surface area contributed by atoms with Crippen molar-refractivity contribution < 1.29 is 28.6 Å². The third-order valence-electron chi connectivity index (χ3n) is 15.1. The molecule has 0 heterocycles. The molecule has 462 valence electrons. The molecule has 0 bridgehead atoms. The molecule has 0 N–H and O–H groups in total. The Morgan fingerprint density at radius 2 is 0.487 bits per heavy atom. The molecule has 0 aromatic rings. The van der Waals surface area contributed by atoms with E-state index in [9.17, 15) is 14.4 Å². The molecule has 0 rings (SSSR count). The van der Waals surface area contributed by atoms with Crippen LogP contribution in [0.2, 0.25) is 0 Å². The number of hydrogen-bond donors (Lipinski definition) is 0. The van der Waals surface area contributed by atoms with Crippen LogP contribution in [0.25, 0.3) is 0 Å². The minimum atomic E-state index is -0.783. The van der Waals surface area contributed by atoms with Crippen LogP contribution in [0.3, 0.4) is 0 Å². The fourth-order valence-corrected chi connectivity index (χ4v) is 9.97. The van der Waals surface area contributed by atoms with Gasteiger partial charge in [-0.05, 0) is 96.3 Å². The minimum Gasteiger partial charge on any atom is -0.462 e. The molecular formula is C74H130O6. The third kappa shape index (κ3) is 65.4. The first-order chi connectivity index (χ1) is 39.5. The molecule has 0 fully saturated rings. The first-order valence-electron chi connectivity index (χ1n) is 34.6. The van der Waals surface area contributed by atoms with E-state index in [0.29, 0.717) is 19.3 Å². The van der Waals surface area contributed by atoms with E-state index >= 15 is 0 Å². The molecule has 6 nitrogen and oxygen atoms in total. The number of carbonyl (C=O) groups excluding carboxylic acids is 3. The van der Waals surface area contributed by atoms with Gasteiger partial charge >= 0.3 is 17.9 Å². The summed E-state index contributed by atoms with van der Waals surface area (Å²) in [4.78, 5) is 38.4. The van der Waals surface area contributed by atoms with E-state index in [2.05, 4.69) is 106 Å². The highest BCUT2D eigenvalue weighted by atomic mass is 16.6. The van der Waals surface area contributed by atoms with Crippen molar-refractivity contribution in [1.82, 2.24) is 0 Å². The van der Waals surface area contributed by atoms with Gasteiger partial charge in [0.25, 0.3) is 0 Å². The maximum atomic E-state index is 12.9. The predicted molar refractivity (Wildman–Crippen MR) is 348 cm³/mol. The molecule has 0 spiro atoms. The molecule has 0 saturated carbocycles. The summed E-state index contributed by atoms with van der Waals surface area (Å²) in [6.07, 6.45) is 90.3. The summed E-state index contributed by atoms with van der Waals surface area (Å²) >= 11 is 0. The molecular weight excluding hydrogens is 985 g/mol. The zero-order chi connectivity index (χ0) is 57.8. The summed E-state index contributed by atoms with van der Waals surface area (Å²) in [6.45, 7) is 6.54. The Morgan fingerprint density at radius 1 is 0.263 bits per heavy atom. The van der Waals surface area contributed by atoms with Crippen molar-refractivity contribution in [2.75, 3.05) is 13.2 Å². The fourth-order valence-electron chi connectivity index (χ4n) is 9.97. The predicted octanol–water partition coefficient (Wildman–Crippen LogP) is 23.8.